The average molecular weight is 262 g/mol. The van der Waals surface area contributed by atoms with Gasteiger partial charge in [-0.25, -0.2) is 0 Å². The van der Waals surface area contributed by atoms with Gasteiger partial charge in [0.05, 0.1) is 13.5 Å². The number of hydrogen-bond donors (Lipinski definition) is 1. The van der Waals surface area contributed by atoms with Crippen LogP contribution in [0.4, 0.5) is 0 Å². The molecule has 1 aliphatic carbocycles. The summed E-state index contributed by atoms with van der Waals surface area (Å²) in [7, 11) is 1.69. The number of methoxy groups -OCH3 is 1. The minimum atomic E-state index is -0.711. The summed E-state index contributed by atoms with van der Waals surface area (Å²) in [5, 5.41) is 9.07. The van der Waals surface area contributed by atoms with Crippen LogP contribution in [0.5, 0.6) is 5.75 Å². The second kappa shape index (κ2) is 4.87. The minimum absolute atomic E-state index is 0.132. The van der Waals surface area contributed by atoms with Gasteiger partial charge in [-0.05, 0) is 42.4 Å². The number of aryl methyl sites for hydroxylation is 1. The summed E-state index contributed by atoms with van der Waals surface area (Å²) in [6.45, 7) is 6.31. The maximum atomic E-state index is 11.0. The van der Waals surface area contributed by atoms with Crippen molar-refractivity contribution in [3.63, 3.8) is 0 Å². The van der Waals surface area contributed by atoms with Crippen molar-refractivity contribution in [3.8, 4) is 5.75 Å². The van der Waals surface area contributed by atoms with Gasteiger partial charge in [-0.1, -0.05) is 26.0 Å². The van der Waals surface area contributed by atoms with Gasteiger partial charge in [0.15, 0.2) is 0 Å². The van der Waals surface area contributed by atoms with Gasteiger partial charge in [-0.2, -0.15) is 0 Å². The molecule has 3 nitrogen and oxygen atoms in total. The molecule has 3 heteroatoms. The second-order valence-corrected chi connectivity index (χ2v) is 5.92. The lowest BCUT2D eigenvalue weighted by molar-refractivity contribution is -0.137. The SMILES string of the molecule is COc1c(C)cc(C2(CC(=O)O)CC2)cc1C(C)C. The number of hydrogen-bond acceptors (Lipinski definition) is 2. The van der Waals surface area contributed by atoms with Crippen molar-refractivity contribution in [1.82, 2.24) is 0 Å². The highest BCUT2D eigenvalue weighted by Gasteiger charge is 2.46. The van der Waals surface area contributed by atoms with E-state index in [-0.39, 0.29) is 11.8 Å². The Balaban J connectivity index is 2.46. The molecule has 0 unspecified atom stereocenters. The Morgan fingerprint density at radius 1 is 1.42 bits per heavy atom. The Kier molecular flexibility index (Phi) is 3.57. The molecule has 1 saturated carbocycles. The first-order chi connectivity index (χ1) is 8.89. The zero-order chi connectivity index (χ0) is 14.2. The molecule has 0 heterocycles. The van der Waals surface area contributed by atoms with E-state index < -0.39 is 5.97 Å². The van der Waals surface area contributed by atoms with Crippen molar-refractivity contribution in [1.29, 1.82) is 0 Å². The van der Waals surface area contributed by atoms with Gasteiger partial charge >= 0.3 is 5.97 Å². The van der Waals surface area contributed by atoms with E-state index >= 15 is 0 Å². The normalized spacial score (nSPS) is 16.5. The first-order valence-electron chi connectivity index (χ1n) is 6.80. The molecule has 0 spiro atoms. The van der Waals surface area contributed by atoms with E-state index in [1.54, 1.807) is 7.11 Å². The number of rotatable bonds is 5. The number of benzene rings is 1. The van der Waals surface area contributed by atoms with Crippen LogP contribution in [0.2, 0.25) is 0 Å². The first kappa shape index (κ1) is 13.9. The molecule has 1 aliphatic rings. The molecule has 1 aromatic rings. The molecule has 19 heavy (non-hydrogen) atoms. The number of ether oxygens (including phenoxy) is 1. The fraction of sp³-hybridized carbons (Fsp3) is 0.562. The standard InChI is InChI=1S/C16H22O3/c1-10(2)13-8-12(7-11(3)15(13)19-4)16(5-6-16)9-14(17)18/h7-8,10H,5-6,9H2,1-4H3,(H,17,18). The molecule has 0 aliphatic heterocycles. The lowest BCUT2D eigenvalue weighted by Crippen LogP contribution is -2.14. The third kappa shape index (κ3) is 2.60. The summed E-state index contributed by atoms with van der Waals surface area (Å²) in [5.74, 6) is 0.594. The molecule has 0 aromatic heterocycles. The number of aliphatic carboxylic acids is 1. The lowest BCUT2D eigenvalue weighted by Gasteiger charge is -2.20. The van der Waals surface area contributed by atoms with Gasteiger partial charge < -0.3 is 9.84 Å². The maximum absolute atomic E-state index is 11.0. The van der Waals surface area contributed by atoms with Crippen molar-refractivity contribution >= 4 is 5.97 Å². The zero-order valence-electron chi connectivity index (χ0n) is 12.1. The highest BCUT2D eigenvalue weighted by molar-refractivity contribution is 5.70. The molecular weight excluding hydrogens is 240 g/mol. The van der Waals surface area contributed by atoms with Gasteiger partial charge in [0, 0.05) is 5.41 Å². The highest BCUT2D eigenvalue weighted by atomic mass is 16.5. The summed E-state index contributed by atoms with van der Waals surface area (Å²) < 4.78 is 5.49. The summed E-state index contributed by atoms with van der Waals surface area (Å²) in [4.78, 5) is 11.0. The van der Waals surface area contributed by atoms with E-state index in [2.05, 4.69) is 26.0 Å². The number of carboxylic acids is 1. The molecule has 1 N–H and O–H groups in total. The van der Waals surface area contributed by atoms with E-state index in [9.17, 15) is 4.79 Å². The summed E-state index contributed by atoms with van der Waals surface area (Å²) in [5.41, 5.74) is 3.30. The molecule has 0 amide bonds. The van der Waals surface area contributed by atoms with Crippen molar-refractivity contribution < 1.29 is 14.6 Å². The third-order valence-electron chi connectivity index (χ3n) is 4.09. The van der Waals surface area contributed by atoms with Crippen LogP contribution in [-0.2, 0) is 10.2 Å². The lowest BCUT2D eigenvalue weighted by atomic mass is 9.87. The van der Waals surface area contributed by atoms with Crippen LogP contribution in [0.3, 0.4) is 0 Å². The van der Waals surface area contributed by atoms with Crippen molar-refractivity contribution in [2.45, 2.75) is 51.4 Å². The third-order valence-corrected chi connectivity index (χ3v) is 4.09. The highest BCUT2D eigenvalue weighted by Crippen LogP contribution is 2.52. The predicted molar refractivity (Wildman–Crippen MR) is 75.0 cm³/mol. The van der Waals surface area contributed by atoms with Crippen LogP contribution in [0, 0.1) is 6.92 Å². The summed E-state index contributed by atoms with van der Waals surface area (Å²) in [6, 6.07) is 4.24. The Hall–Kier alpha value is -1.51. The Bertz CT molecular complexity index is 499. The van der Waals surface area contributed by atoms with Crippen molar-refractivity contribution in [3.05, 3.63) is 28.8 Å². The van der Waals surface area contributed by atoms with Gasteiger partial charge in [0.25, 0.3) is 0 Å². The van der Waals surface area contributed by atoms with Gasteiger partial charge in [-0.3, -0.25) is 4.79 Å². The Labute approximate surface area is 114 Å². The molecular formula is C16H22O3. The van der Waals surface area contributed by atoms with Crippen LogP contribution < -0.4 is 4.74 Å². The van der Waals surface area contributed by atoms with Crippen LogP contribution in [0.15, 0.2) is 12.1 Å². The quantitative estimate of drug-likeness (QED) is 0.881. The molecule has 0 bridgehead atoms. The van der Waals surface area contributed by atoms with E-state index in [0.717, 1.165) is 29.7 Å². The van der Waals surface area contributed by atoms with E-state index in [4.69, 9.17) is 9.84 Å². The summed E-state index contributed by atoms with van der Waals surface area (Å²) in [6.07, 6.45) is 2.18. The van der Waals surface area contributed by atoms with Crippen LogP contribution in [-0.4, -0.2) is 18.2 Å². The van der Waals surface area contributed by atoms with E-state index in [0.29, 0.717) is 5.92 Å². The second-order valence-electron chi connectivity index (χ2n) is 5.92. The van der Waals surface area contributed by atoms with E-state index in [1.165, 1.54) is 5.56 Å². The van der Waals surface area contributed by atoms with Gasteiger partial charge in [0.2, 0.25) is 0 Å². The minimum Gasteiger partial charge on any atom is -0.496 e. The Morgan fingerprint density at radius 2 is 2.05 bits per heavy atom. The number of carbonyl (C=O) groups is 1. The smallest absolute Gasteiger partial charge is 0.304 e. The van der Waals surface area contributed by atoms with Crippen molar-refractivity contribution in [2.24, 2.45) is 0 Å². The molecule has 1 fully saturated rings. The molecule has 104 valence electrons. The van der Waals surface area contributed by atoms with E-state index in [1.807, 2.05) is 6.92 Å². The van der Waals surface area contributed by atoms with Crippen molar-refractivity contribution in [2.75, 3.05) is 7.11 Å². The monoisotopic (exact) mass is 262 g/mol. The van der Waals surface area contributed by atoms with Crippen LogP contribution in [0.1, 0.15) is 55.7 Å². The van der Waals surface area contributed by atoms with Crippen LogP contribution >= 0.6 is 0 Å². The Morgan fingerprint density at radius 3 is 2.47 bits per heavy atom. The fourth-order valence-corrected chi connectivity index (χ4v) is 2.82. The zero-order valence-corrected chi connectivity index (χ0v) is 12.1. The maximum Gasteiger partial charge on any atom is 0.304 e. The fourth-order valence-electron chi connectivity index (χ4n) is 2.82. The molecule has 0 radical (unpaired) electrons. The predicted octanol–water partition coefficient (Wildman–Crippen LogP) is 3.63. The molecule has 0 atom stereocenters. The summed E-state index contributed by atoms with van der Waals surface area (Å²) >= 11 is 0. The van der Waals surface area contributed by atoms with Crippen LogP contribution in [0.25, 0.3) is 0 Å². The average Bonchev–Trinajstić information content (AvgIpc) is 3.07. The van der Waals surface area contributed by atoms with Gasteiger partial charge in [-0.15, -0.1) is 0 Å². The molecule has 2 rings (SSSR count). The largest absolute Gasteiger partial charge is 0.496 e. The number of carboxylic acid groups (broad SMARTS) is 1. The molecule has 0 saturated heterocycles. The topological polar surface area (TPSA) is 46.5 Å². The molecule has 1 aromatic carbocycles. The van der Waals surface area contributed by atoms with Gasteiger partial charge in [0.1, 0.15) is 5.75 Å². The first-order valence-corrected chi connectivity index (χ1v) is 6.80.